The van der Waals surface area contributed by atoms with Gasteiger partial charge in [0, 0.05) is 27.0 Å². The third-order valence-electron chi connectivity index (χ3n) is 19.0. The first-order valence-electron chi connectivity index (χ1n) is 33.4. The van der Waals surface area contributed by atoms with Gasteiger partial charge in [-0.15, -0.1) is 0 Å². The molecule has 1 aliphatic heterocycles. The molecule has 0 unspecified atom stereocenters. The number of aromatic nitrogens is 4. The van der Waals surface area contributed by atoms with Crippen LogP contribution in [0.4, 0.5) is 0 Å². The van der Waals surface area contributed by atoms with Gasteiger partial charge in [-0.05, 0) is 63.3 Å². The summed E-state index contributed by atoms with van der Waals surface area (Å²) in [6, 6.07) is 90.7. The van der Waals surface area contributed by atoms with Crippen molar-refractivity contribution < 1.29 is 32.9 Å². The minimum absolute atomic E-state index is 0.0861. The van der Waals surface area contributed by atoms with Gasteiger partial charge in [-0.25, -0.2) is 0 Å². The molecule has 0 radical (unpaired) electrons. The number of hydrogen-bond donors (Lipinski definition) is 0. The minimum Gasteiger partial charge on any atom is -0.457 e. The Kier molecular flexibility index (Phi) is 12.7. The summed E-state index contributed by atoms with van der Waals surface area (Å²) in [5, 5.41) is 1.85. The Morgan fingerprint density at radius 1 is 0.441 bits per heavy atom. The molecule has 2 aliphatic rings. The van der Waals surface area contributed by atoms with E-state index in [2.05, 4.69) is 296 Å². The van der Waals surface area contributed by atoms with Crippen LogP contribution in [0, 0.1) is 22.8 Å². The van der Waals surface area contributed by atoms with Gasteiger partial charge in [-0.2, -0.15) is 0 Å². The summed E-state index contributed by atoms with van der Waals surface area (Å²) in [7, 11) is 0. The van der Waals surface area contributed by atoms with E-state index in [4.69, 9.17) is 18.6 Å². The number of ether oxygens (including phenoxy) is 2. The van der Waals surface area contributed by atoms with Crippen molar-refractivity contribution in [2.75, 3.05) is 0 Å². The maximum absolute atomic E-state index is 9.13. The number of fused-ring (bicyclic) bond motifs is 13. The van der Waals surface area contributed by atoms with Crippen LogP contribution in [0.5, 0.6) is 23.0 Å². The zero-order valence-electron chi connectivity index (χ0n) is 56.5. The van der Waals surface area contributed by atoms with E-state index in [0.29, 0.717) is 28.4 Å². The quantitative estimate of drug-likeness (QED) is 0.142. The van der Waals surface area contributed by atoms with Crippen LogP contribution in [0.1, 0.15) is 111 Å². The van der Waals surface area contributed by atoms with Gasteiger partial charge in [0.1, 0.15) is 11.5 Å². The van der Waals surface area contributed by atoms with Gasteiger partial charge in [0.15, 0.2) is 0 Å². The number of para-hydroxylation sites is 5. The minimum atomic E-state index is -2.50. The molecule has 0 amide bonds. The Morgan fingerprint density at radius 2 is 1.02 bits per heavy atom. The summed E-state index contributed by atoms with van der Waals surface area (Å²) >= 11 is 2.50. The normalized spacial score (nSPS) is 13.9. The summed E-state index contributed by atoms with van der Waals surface area (Å²) in [5.74, 6) is 2.96. The molecule has 14 aromatic rings. The van der Waals surface area contributed by atoms with Crippen molar-refractivity contribution in [2.24, 2.45) is 0 Å². The maximum atomic E-state index is 9.13. The number of hydrogen-bond acceptors (Lipinski definition) is 3. The second-order valence-corrected chi connectivity index (χ2v) is 28.9. The fourth-order valence-corrected chi connectivity index (χ4v) is 15.4. The Labute approximate surface area is 559 Å². The SMILES string of the molecule is [2H]C([2H])([2H])c1cc(-n2c3[c-]c(Oc4[c-]c(-n5[c](=[Pt])n(-c6c(-c7ccccc7)cccc6-c6cc(C(C)(C)C)cc(C(C)(C)C)c6)c6ccccc65)ccc4)ccc3c3cc4c(cc32)C2(c3ccccc3Oc3ccccc32)c2ccccc2-4)ncc1-c1ccc(C(C)(C)C)cc1. The molecule has 16 rings (SSSR count). The van der Waals surface area contributed by atoms with Crippen molar-refractivity contribution in [1.29, 1.82) is 0 Å². The standard InChI is InChI=1S/C86H70N4O2.Pt/c1-54-44-81(87-52-70(54)56-38-40-58(41-39-56)83(2,3)4)90-77-49-63(42-43-67(77)69-50-68-66-28-14-15-31-71(66)86(74(68)51-78(69)90)72-32-16-20-36-79(72)92-80-37-21-17-33-73(80)86)91-62-27-22-26-61(48-62)88-53-89(76-35-19-18-34-75(76)88)82-64(55-24-12-11-13-25-55)29-23-30-65(82)57-45-59(84(5,6)7)47-60(46-57)85(8,9)10;/h11-47,50-52H,1-10H3;/q-2;/i1D3;. The van der Waals surface area contributed by atoms with E-state index in [-0.39, 0.29) is 21.8 Å². The molecule has 1 spiro atoms. The predicted octanol–water partition coefficient (Wildman–Crippen LogP) is 22.1. The van der Waals surface area contributed by atoms with E-state index in [1.165, 1.54) is 11.1 Å². The zero-order valence-corrected chi connectivity index (χ0v) is 55.8. The Morgan fingerprint density at radius 3 is 1.70 bits per heavy atom. The van der Waals surface area contributed by atoms with Gasteiger partial charge in [-0.1, -0.05) is 106 Å². The third kappa shape index (κ3) is 9.46. The van der Waals surface area contributed by atoms with Crippen LogP contribution >= 0.6 is 0 Å². The molecule has 0 saturated carbocycles. The molecule has 0 atom stereocenters. The number of aryl methyl sites for hydroxylation is 1. The average molecular weight is 1390 g/mol. The fourth-order valence-electron chi connectivity index (χ4n) is 14.3. The molecule has 0 fully saturated rings. The van der Waals surface area contributed by atoms with Crippen LogP contribution in [0.25, 0.3) is 94.5 Å². The average Bonchev–Trinajstić information content (AvgIpc) is 1.51. The second kappa shape index (κ2) is 21.6. The van der Waals surface area contributed by atoms with Crippen molar-refractivity contribution in [2.45, 2.75) is 90.8 Å². The second-order valence-electron chi connectivity index (χ2n) is 27.9. The van der Waals surface area contributed by atoms with Crippen molar-refractivity contribution >= 4 is 32.8 Å². The van der Waals surface area contributed by atoms with Gasteiger partial charge >= 0.3 is 346 Å². The first kappa shape index (κ1) is 54.8. The van der Waals surface area contributed by atoms with Crippen LogP contribution in [-0.4, -0.2) is 18.7 Å². The van der Waals surface area contributed by atoms with Crippen molar-refractivity contribution in [1.82, 2.24) is 18.7 Å². The summed E-state index contributed by atoms with van der Waals surface area (Å²) < 4.78 is 48.9. The molecule has 11 aromatic carbocycles. The van der Waals surface area contributed by atoms with Crippen LogP contribution in [0.15, 0.2) is 243 Å². The third-order valence-corrected chi connectivity index (χ3v) is 20.1. The van der Waals surface area contributed by atoms with Crippen LogP contribution in [0.2, 0.25) is 0 Å². The van der Waals surface area contributed by atoms with Crippen molar-refractivity contribution in [3.63, 3.8) is 0 Å². The Bertz CT molecular complexity index is 5480. The van der Waals surface area contributed by atoms with Crippen molar-refractivity contribution in [3.8, 4) is 84.7 Å². The van der Waals surface area contributed by atoms with E-state index >= 15 is 0 Å². The number of benzene rings is 11. The number of pyridine rings is 1. The van der Waals surface area contributed by atoms with E-state index in [9.17, 15) is 0 Å². The Hall–Kier alpha value is -9.87. The van der Waals surface area contributed by atoms with E-state index in [0.717, 1.165) is 121 Å². The van der Waals surface area contributed by atoms with Crippen LogP contribution in [0.3, 0.4) is 0 Å². The van der Waals surface area contributed by atoms with Gasteiger partial charge in [-0.3, -0.25) is 0 Å². The van der Waals surface area contributed by atoms with E-state index in [1.54, 1.807) is 12.3 Å². The molecule has 6 nitrogen and oxygen atoms in total. The Balaban J connectivity index is 0.881. The van der Waals surface area contributed by atoms with E-state index in [1.807, 2.05) is 42.5 Å². The first-order valence-corrected chi connectivity index (χ1v) is 33.0. The molecule has 93 heavy (non-hydrogen) atoms. The summed E-state index contributed by atoms with van der Waals surface area (Å²) in [4.78, 5) is 5.26. The molecule has 0 N–H and O–H groups in total. The fraction of sp³-hybridized carbons (Fsp3) is 0.163. The van der Waals surface area contributed by atoms with Gasteiger partial charge in [0.2, 0.25) is 0 Å². The molecule has 7 heteroatoms. The first-order chi connectivity index (χ1) is 46.0. The summed E-state index contributed by atoms with van der Waals surface area (Å²) in [5.41, 5.74) is 20.7. The van der Waals surface area contributed by atoms with Gasteiger partial charge < -0.3 is 4.74 Å². The zero-order chi connectivity index (χ0) is 66.4. The molecule has 458 valence electrons. The molecule has 4 heterocycles. The van der Waals surface area contributed by atoms with Crippen LogP contribution < -0.4 is 9.47 Å². The van der Waals surface area contributed by atoms with Gasteiger partial charge in [0.25, 0.3) is 0 Å². The van der Waals surface area contributed by atoms with Crippen LogP contribution in [-0.2, 0) is 41.0 Å². The number of imidazole rings is 1. The monoisotopic (exact) mass is 1390 g/mol. The topological polar surface area (TPSA) is 46.1 Å². The molecular formula is C86H70N4O2Pt-2. The van der Waals surface area contributed by atoms with E-state index < -0.39 is 12.3 Å². The molecule has 1 aliphatic carbocycles. The molecule has 0 saturated heterocycles. The van der Waals surface area contributed by atoms with Gasteiger partial charge in [0.05, 0.1) is 5.41 Å². The number of nitrogens with zero attached hydrogens (tertiary/aromatic N) is 4. The molecule has 3 aromatic heterocycles. The predicted molar refractivity (Wildman–Crippen MR) is 377 cm³/mol. The smallest absolute Gasteiger partial charge is 0.457 e. The van der Waals surface area contributed by atoms with Crippen molar-refractivity contribution in [3.05, 3.63) is 303 Å². The summed E-state index contributed by atoms with van der Waals surface area (Å²) in [6.45, 7) is 17.8. The summed E-state index contributed by atoms with van der Waals surface area (Å²) in [6.07, 6.45) is 1.72. The number of rotatable bonds is 8. The molecular weight excluding hydrogens is 1320 g/mol. The molecule has 0 bridgehead atoms.